The minimum atomic E-state index is -0.854. The van der Waals surface area contributed by atoms with Crippen LogP contribution >= 0.6 is 0 Å². The molecule has 0 N–H and O–H groups in total. The number of halogens is 2. The van der Waals surface area contributed by atoms with E-state index in [-0.39, 0.29) is 16.9 Å². The molecule has 0 bridgehead atoms. The van der Waals surface area contributed by atoms with Gasteiger partial charge in [0.1, 0.15) is 17.4 Å². The molecular weight excluding hydrogens is 330 g/mol. The molecule has 2 aromatic rings. The van der Waals surface area contributed by atoms with E-state index in [1.54, 1.807) is 0 Å². The molecule has 0 atom stereocenters. The maximum atomic E-state index is 13.1. The molecule has 0 aliphatic heterocycles. The van der Waals surface area contributed by atoms with Crippen molar-refractivity contribution in [1.82, 2.24) is 0 Å². The third kappa shape index (κ3) is 5.67. The lowest BCUT2D eigenvalue weighted by atomic mass is 10.1. The van der Waals surface area contributed by atoms with Gasteiger partial charge in [0, 0.05) is 18.2 Å². The van der Waals surface area contributed by atoms with Gasteiger partial charge in [0.2, 0.25) is 0 Å². The van der Waals surface area contributed by atoms with Crippen LogP contribution in [-0.2, 0) is 4.74 Å². The summed E-state index contributed by atoms with van der Waals surface area (Å²) in [6.45, 7) is 2.35. The van der Waals surface area contributed by atoms with Crippen LogP contribution in [0.1, 0.15) is 46.9 Å². The monoisotopic (exact) mass is 348 g/mol. The van der Waals surface area contributed by atoms with E-state index in [1.807, 2.05) is 6.92 Å². The quantitative estimate of drug-likeness (QED) is 0.419. The first-order chi connectivity index (χ1) is 12.0. The van der Waals surface area contributed by atoms with E-state index in [0.29, 0.717) is 12.7 Å². The van der Waals surface area contributed by atoms with E-state index < -0.39 is 23.6 Å². The summed E-state index contributed by atoms with van der Waals surface area (Å²) in [7, 11) is 0. The summed E-state index contributed by atoms with van der Waals surface area (Å²) >= 11 is 0. The van der Waals surface area contributed by atoms with Crippen LogP contribution in [0, 0.1) is 11.6 Å². The zero-order valence-corrected chi connectivity index (χ0v) is 13.8. The van der Waals surface area contributed by atoms with E-state index in [4.69, 9.17) is 9.47 Å². The number of carbonyl (C=O) groups is 2. The van der Waals surface area contributed by atoms with Gasteiger partial charge in [-0.3, -0.25) is 0 Å². The number of hydrogen-bond donors (Lipinski definition) is 0. The third-order valence-corrected chi connectivity index (χ3v) is 3.36. The van der Waals surface area contributed by atoms with Gasteiger partial charge in [-0.2, -0.15) is 0 Å². The molecule has 4 nitrogen and oxygen atoms in total. The molecule has 0 unspecified atom stereocenters. The fraction of sp³-hybridized carbons (Fsp3) is 0.263. The van der Waals surface area contributed by atoms with Crippen molar-refractivity contribution < 1.29 is 27.8 Å². The van der Waals surface area contributed by atoms with Crippen LogP contribution in [0.15, 0.2) is 42.5 Å². The third-order valence-electron chi connectivity index (χ3n) is 3.36. The van der Waals surface area contributed by atoms with Crippen LogP contribution in [-0.4, -0.2) is 18.5 Å². The molecule has 0 radical (unpaired) electrons. The first kappa shape index (κ1) is 18.6. The van der Waals surface area contributed by atoms with Gasteiger partial charge in [0.05, 0.1) is 17.7 Å². The van der Waals surface area contributed by atoms with Crippen molar-refractivity contribution in [2.75, 3.05) is 6.61 Å². The molecule has 0 aliphatic carbocycles. The summed E-state index contributed by atoms with van der Waals surface area (Å²) in [6.07, 6.45) is 2.75. The minimum Gasteiger partial charge on any atom is -0.462 e. The average Bonchev–Trinajstić information content (AvgIpc) is 2.57. The van der Waals surface area contributed by atoms with Crippen LogP contribution in [0.25, 0.3) is 0 Å². The number of unbranched alkanes of at least 4 members (excludes halogenated alkanes) is 2. The molecule has 0 spiro atoms. The molecule has 25 heavy (non-hydrogen) atoms. The molecule has 0 heterocycles. The molecule has 0 aromatic heterocycles. The summed E-state index contributed by atoms with van der Waals surface area (Å²) in [4.78, 5) is 24.0. The first-order valence-electron chi connectivity index (χ1n) is 7.95. The number of rotatable bonds is 7. The van der Waals surface area contributed by atoms with Crippen LogP contribution in [0.3, 0.4) is 0 Å². The van der Waals surface area contributed by atoms with Crippen molar-refractivity contribution >= 4 is 11.9 Å². The Morgan fingerprint density at radius 1 is 0.920 bits per heavy atom. The Balaban J connectivity index is 2.04. The molecule has 0 aliphatic rings. The standard InChI is InChI=1S/C19H18F2O4/c1-2-3-4-8-24-18(22)13-6-5-7-14(9-13)19(23)25-17-11-15(20)10-16(21)12-17/h5-7,9-12H,2-4,8H2,1H3. The zero-order valence-electron chi connectivity index (χ0n) is 13.8. The van der Waals surface area contributed by atoms with Crippen molar-refractivity contribution in [3.05, 3.63) is 65.2 Å². The van der Waals surface area contributed by atoms with Gasteiger partial charge >= 0.3 is 11.9 Å². The van der Waals surface area contributed by atoms with Crippen molar-refractivity contribution in [2.24, 2.45) is 0 Å². The van der Waals surface area contributed by atoms with Crippen LogP contribution in [0.4, 0.5) is 8.78 Å². The Morgan fingerprint density at radius 3 is 2.20 bits per heavy atom. The van der Waals surface area contributed by atoms with E-state index in [9.17, 15) is 18.4 Å². The number of hydrogen-bond acceptors (Lipinski definition) is 4. The Kier molecular flexibility index (Phi) is 6.62. The SMILES string of the molecule is CCCCCOC(=O)c1cccc(C(=O)Oc2cc(F)cc(F)c2)c1. The van der Waals surface area contributed by atoms with E-state index in [0.717, 1.165) is 31.4 Å². The molecule has 0 saturated heterocycles. The maximum Gasteiger partial charge on any atom is 0.343 e. The topological polar surface area (TPSA) is 52.6 Å². The van der Waals surface area contributed by atoms with Gasteiger partial charge in [-0.25, -0.2) is 18.4 Å². The van der Waals surface area contributed by atoms with Gasteiger partial charge in [-0.15, -0.1) is 0 Å². The van der Waals surface area contributed by atoms with Gasteiger partial charge in [0.15, 0.2) is 0 Å². The first-order valence-corrected chi connectivity index (χ1v) is 7.95. The fourth-order valence-electron chi connectivity index (χ4n) is 2.13. The van der Waals surface area contributed by atoms with Gasteiger partial charge in [0.25, 0.3) is 0 Å². The molecule has 0 fully saturated rings. The fourth-order valence-corrected chi connectivity index (χ4v) is 2.13. The Labute approximate surface area is 144 Å². The molecule has 2 aromatic carbocycles. The number of carbonyl (C=O) groups excluding carboxylic acids is 2. The molecule has 6 heteroatoms. The summed E-state index contributed by atoms with van der Waals surface area (Å²) in [5.41, 5.74) is 0.282. The van der Waals surface area contributed by atoms with Gasteiger partial charge in [-0.1, -0.05) is 25.8 Å². The van der Waals surface area contributed by atoms with Crippen LogP contribution in [0.5, 0.6) is 5.75 Å². The molecular formula is C19H18F2O4. The highest BCUT2D eigenvalue weighted by atomic mass is 19.1. The zero-order chi connectivity index (χ0) is 18.2. The van der Waals surface area contributed by atoms with E-state index in [2.05, 4.69) is 0 Å². The van der Waals surface area contributed by atoms with Crippen LogP contribution in [0.2, 0.25) is 0 Å². The minimum absolute atomic E-state index is 0.0766. The second kappa shape index (κ2) is 8.92. The summed E-state index contributed by atoms with van der Waals surface area (Å²) < 4.78 is 36.3. The Bertz CT molecular complexity index is 739. The molecule has 0 saturated carbocycles. The van der Waals surface area contributed by atoms with Crippen molar-refractivity contribution in [3.63, 3.8) is 0 Å². The maximum absolute atomic E-state index is 13.1. The van der Waals surface area contributed by atoms with Crippen molar-refractivity contribution in [2.45, 2.75) is 26.2 Å². The summed E-state index contributed by atoms with van der Waals surface area (Å²) in [5.74, 6) is -3.33. The normalized spacial score (nSPS) is 10.4. The number of ether oxygens (including phenoxy) is 2. The van der Waals surface area contributed by atoms with Crippen molar-refractivity contribution in [3.8, 4) is 5.75 Å². The lowest BCUT2D eigenvalue weighted by molar-refractivity contribution is 0.0498. The summed E-state index contributed by atoms with van der Waals surface area (Å²) in [6, 6.07) is 8.24. The number of benzene rings is 2. The highest BCUT2D eigenvalue weighted by Crippen LogP contribution is 2.17. The lowest BCUT2D eigenvalue weighted by Gasteiger charge is -2.07. The number of esters is 2. The predicted octanol–water partition coefficient (Wildman–Crippen LogP) is 4.53. The second-order valence-corrected chi connectivity index (χ2v) is 5.42. The second-order valence-electron chi connectivity index (χ2n) is 5.42. The van der Waals surface area contributed by atoms with Crippen LogP contribution < -0.4 is 4.74 Å². The van der Waals surface area contributed by atoms with Crippen molar-refractivity contribution in [1.29, 1.82) is 0 Å². The Hall–Kier alpha value is -2.76. The highest BCUT2D eigenvalue weighted by molar-refractivity contribution is 5.96. The summed E-state index contributed by atoms with van der Waals surface area (Å²) in [5, 5.41) is 0. The smallest absolute Gasteiger partial charge is 0.343 e. The lowest BCUT2D eigenvalue weighted by Crippen LogP contribution is -2.11. The molecule has 2 rings (SSSR count). The van der Waals surface area contributed by atoms with Gasteiger partial charge < -0.3 is 9.47 Å². The van der Waals surface area contributed by atoms with Gasteiger partial charge in [-0.05, 0) is 24.6 Å². The van der Waals surface area contributed by atoms with E-state index in [1.165, 1.54) is 24.3 Å². The highest BCUT2D eigenvalue weighted by Gasteiger charge is 2.14. The molecule has 132 valence electrons. The van der Waals surface area contributed by atoms with E-state index >= 15 is 0 Å². The largest absolute Gasteiger partial charge is 0.462 e. The molecule has 0 amide bonds. The average molecular weight is 348 g/mol. The predicted molar refractivity (Wildman–Crippen MR) is 87.6 cm³/mol. The Morgan fingerprint density at radius 2 is 1.56 bits per heavy atom.